The van der Waals surface area contributed by atoms with Crippen molar-refractivity contribution in [2.75, 3.05) is 0 Å². The Hall–Kier alpha value is -0.350. The maximum absolute atomic E-state index is 2.90. The molecule has 1 rings (SSSR count). The SMILES string of the molecule is Cc1cc(C(C)(C)C)cc(C(C)(C)C)c1P. The molecule has 0 N–H and O–H groups in total. The van der Waals surface area contributed by atoms with Gasteiger partial charge in [0.05, 0.1) is 0 Å². The van der Waals surface area contributed by atoms with Gasteiger partial charge in [0.25, 0.3) is 0 Å². The van der Waals surface area contributed by atoms with Crippen molar-refractivity contribution in [1.29, 1.82) is 0 Å². The lowest BCUT2D eigenvalue weighted by Gasteiger charge is -2.27. The van der Waals surface area contributed by atoms with Crippen LogP contribution in [0.3, 0.4) is 0 Å². The zero-order valence-electron chi connectivity index (χ0n) is 11.7. The molecule has 0 saturated heterocycles. The minimum atomic E-state index is 0.211. The lowest BCUT2D eigenvalue weighted by molar-refractivity contribution is 0.570. The first-order chi connectivity index (χ1) is 7.03. The molecule has 0 aliphatic carbocycles. The van der Waals surface area contributed by atoms with Crippen LogP contribution in [-0.4, -0.2) is 0 Å². The summed E-state index contributed by atoms with van der Waals surface area (Å²) in [6.45, 7) is 15.9. The average Bonchev–Trinajstić information content (AvgIpc) is 2.05. The summed E-state index contributed by atoms with van der Waals surface area (Å²) in [5.74, 6) is 0. The predicted octanol–water partition coefficient (Wildman–Crippen LogP) is 4.09. The van der Waals surface area contributed by atoms with Gasteiger partial charge in [0.1, 0.15) is 0 Å². The van der Waals surface area contributed by atoms with Crippen molar-refractivity contribution >= 4 is 14.5 Å². The minimum Gasteiger partial charge on any atom is -0.105 e. The van der Waals surface area contributed by atoms with Crippen molar-refractivity contribution in [1.82, 2.24) is 0 Å². The molecule has 1 atom stereocenters. The van der Waals surface area contributed by atoms with Crippen LogP contribution >= 0.6 is 9.24 Å². The molecular weight excluding hydrogens is 211 g/mol. The Morgan fingerprint density at radius 3 is 1.75 bits per heavy atom. The standard InChI is InChI=1S/C15H25P/c1-10-8-11(14(2,3)4)9-12(13(10)16)15(5,6)7/h8-9H,16H2,1-7H3. The molecule has 0 radical (unpaired) electrons. The highest BCUT2D eigenvalue weighted by Gasteiger charge is 2.22. The number of hydrogen-bond donors (Lipinski definition) is 0. The minimum absolute atomic E-state index is 0.211. The number of rotatable bonds is 0. The first-order valence-electron chi connectivity index (χ1n) is 5.94. The van der Waals surface area contributed by atoms with E-state index in [1.54, 1.807) is 0 Å². The van der Waals surface area contributed by atoms with Gasteiger partial charge in [-0.05, 0) is 39.7 Å². The largest absolute Gasteiger partial charge is 0.105 e. The second-order valence-electron chi connectivity index (χ2n) is 6.75. The predicted molar refractivity (Wildman–Crippen MR) is 77.9 cm³/mol. The van der Waals surface area contributed by atoms with Crippen LogP contribution in [0.25, 0.3) is 0 Å². The monoisotopic (exact) mass is 236 g/mol. The molecule has 1 aromatic rings. The molecule has 0 aliphatic rings. The molecule has 0 aliphatic heterocycles. The van der Waals surface area contributed by atoms with E-state index in [9.17, 15) is 0 Å². The molecule has 0 spiro atoms. The summed E-state index contributed by atoms with van der Waals surface area (Å²) in [5.41, 5.74) is 4.69. The van der Waals surface area contributed by atoms with E-state index in [0.29, 0.717) is 0 Å². The van der Waals surface area contributed by atoms with Crippen molar-refractivity contribution in [2.24, 2.45) is 0 Å². The van der Waals surface area contributed by atoms with Crippen LogP contribution in [0.1, 0.15) is 58.2 Å². The second-order valence-corrected chi connectivity index (χ2v) is 7.33. The third kappa shape index (κ3) is 2.86. The molecule has 1 aromatic carbocycles. The molecule has 1 heteroatoms. The molecule has 0 bridgehead atoms. The Morgan fingerprint density at radius 1 is 0.875 bits per heavy atom. The van der Waals surface area contributed by atoms with Crippen molar-refractivity contribution in [3.8, 4) is 0 Å². The topological polar surface area (TPSA) is 0 Å². The van der Waals surface area contributed by atoms with Gasteiger partial charge in [-0.1, -0.05) is 53.7 Å². The van der Waals surface area contributed by atoms with E-state index in [-0.39, 0.29) is 10.8 Å². The number of aryl methyl sites for hydroxylation is 1. The van der Waals surface area contributed by atoms with Crippen LogP contribution in [0.2, 0.25) is 0 Å². The van der Waals surface area contributed by atoms with Gasteiger partial charge >= 0.3 is 0 Å². The Bertz CT molecular complexity index is 389. The van der Waals surface area contributed by atoms with Crippen molar-refractivity contribution < 1.29 is 0 Å². The summed E-state index contributed by atoms with van der Waals surface area (Å²) < 4.78 is 0. The van der Waals surface area contributed by atoms with E-state index in [1.807, 2.05) is 0 Å². The van der Waals surface area contributed by atoms with Crippen LogP contribution in [-0.2, 0) is 10.8 Å². The Balaban J connectivity index is 3.46. The van der Waals surface area contributed by atoms with Crippen molar-refractivity contribution in [2.45, 2.75) is 59.3 Å². The second kappa shape index (κ2) is 4.15. The first kappa shape index (κ1) is 13.7. The first-order valence-corrected chi connectivity index (χ1v) is 6.52. The lowest BCUT2D eigenvalue weighted by Crippen LogP contribution is -2.23. The van der Waals surface area contributed by atoms with Gasteiger partial charge in [0.2, 0.25) is 0 Å². The normalized spacial score (nSPS) is 13.0. The van der Waals surface area contributed by atoms with Crippen LogP contribution in [0.5, 0.6) is 0 Å². The maximum Gasteiger partial charge on any atom is -0.0126 e. The molecule has 0 amide bonds. The fourth-order valence-corrected chi connectivity index (χ4v) is 2.45. The summed E-state index contributed by atoms with van der Waals surface area (Å²) in [6, 6.07) is 4.69. The fourth-order valence-electron chi connectivity index (χ4n) is 1.85. The van der Waals surface area contributed by atoms with E-state index in [2.05, 4.69) is 69.8 Å². The summed E-state index contributed by atoms with van der Waals surface area (Å²) in [7, 11) is 2.90. The highest BCUT2D eigenvalue weighted by Crippen LogP contribution is 2.29. The van der Waals surface area contributed by atoms with Crippen LogP contribution in [0.4, 0.5) is 0 Å². The zero-order valence-corrected chi connectivity index (χ0v) is 12.9. The van der Waals surface area contributed by atoms with Crippen LogP contribution < -0.4 is 5.30 Å². The summed E-state index contributed by atoms with van der Waals surface area (Å²) in [6.07, 6.45) is 0. The van der Waals surface area contributed by atoms with E-state index in [0.717, 1.165) is 0 Å². The maximum atomic E-state index is 2.90. The summed E-state index contributed by atoms with van der Waals surface area (Å²) >= 11 is 0. The summed E-state index contributed by atoms with van der Waals surface area (Å²) in [5, 5.41) is 1.36. The van der Waals surface area contributed by atoms with Crippen molar-refractivity contribution in [3.63, 3.8) is 0 Å². The fraction of sp³-hybridized carbons (Fsp3) is 0.600. The zero-order chi connectivity index (χ0) is 12.7. The molecular formula is C15H25P. The molecule has 0 nitrogen and oxygen atoms in total. The lowest BCUT2D eigenvalue weighted by atomic mass is 9.79. The quantitative estimate of drug-likeness (QED) is 0.595. The molecule has 0 aromatic heterocycles. The van der Waals surface area contributed by atoms with E-state index < -0.39 is 0 Å². The van der Waals surface area contributed by atoms with E-state index >= 15 is 0 Å². The van der Waals surface area contributed by atoms with Gasteiger partial charge in [-0.25, -0.2) is 0 Å². The average molecular weight is 236 g/mol. The molecule has 90 valence electrons. The van der Waals surface area contributed by atoms with Gasteiger partial charge in [-0.3, -0.25) is 0 Å². The van der Waals surface area contributed by atoms with Crippen molar-refractivity contribution in [3.05, 3.63) is 28.8 Å². The summed E-state index contributed by atoms with van der Waals surface area (Å²) in [4.78, 5) is 0. The molecule has 0 fully saturated rings. The van der Waals surface area contributed by atoms with Gasteiger partial charge in [0.15, 0.2) is 0 Å². The Morgan fingerprint density at radius 2 is 1.38 bits per heavy atom. The Labute approximate surface area is 103 Å². The van der Waals surface area contributed by atoms with Gasteiger partial charge in [0, 0.05) is 0 Å². The smallest absolute Gasteiger partial charge is 0.0126 e. The van der Waals surface area contributed by atoms with Crippen LogP contribution in [0.15, 0.2) is 12.1 Å². The highest BCUT2D eigenvalue weighted by atomic mass is 31.0. The molecule has 0 saturated carbocycles. The highest BCUT2D eigenvalue weighted by molar-refractivity contribution is 7.27. The molecule has 0 heterocycles. The van der Waals surface area contributed by atoms with Gasteiger partial charge < -0.3 is 0 Å². The van der Waals surface area contributed by atoms with Gasteiger partial charge in [-0.15, -0.1) is 9.24 Å². The third-order valence-corrected chi connectivity index (χ3v) is 3.83. The van der Waals surface area contributed by atoms with E-state index in [1.165, 1.54) is 22.0 Å². The Kier molecular flexibility index (Phi) is 3.56. The number of benzene rings is 1. The van der Waals surface area contributed by atoms with Gasteiger partial charge in [-0.2, -0.15) is 0 Å². The number of hydrogen-bond acceptors (Lipinski definition) is 0. The van der Waals surface area contributed by atoms with E-state index in [4.69, 9.17) is 0 Å². The van der Waals surface area contributed by atoms with Crippen LogP contribution in [0, 0.1) is 6.92 Å². The molecule has 16 heavy (non-hydrogen) atoms. The molecule has 1 unspecified atom stereocenters. The third-order valence-electron chi connectivity index (χ3n) is 3.06.